The molecule has 2 N–H and O–H groups in total. The lowest BCUT2D eigenvalue weighted by atomic mass is 9.72. The number of likely N-dealkylation sites (tertiary alicyclic amines) is 2. The number of carbonyl (C=O) groups excluding carboxylic acids is 6. The maximum atomic E-state index is 15.8. The number of ether oxygens (including phenoxy) is 1. The van der Waals surface area contributed by atoms with Gasteiger partial charge in [0.05, 0.1) is 46.2 Å². The summed E-state index contributed by atoms with van der Waals surface area (Å²) in [4.78, 5) is 86.2. The number of fused-ring (bicyclic) bond motifs is 2. The van der Waals surface area contributed by atoms with Crippen molar-refractivity contribution in [3.63, 3.8) is 0 Å². The number of alkyl halides is 3. The average molecular weight is 890 g/mol. The molecular weight excluding hydrogens is 847 g/mol. The quantitative estimate of drug-likeness (QED) is 0.178. The minimum atomic E-state index is -4.81. The smallest absolute Gasteiger partial charge is 0.417 e. The van der Waals surface area contributed by atoms with Crippen molar-refractivity contribution in [2.24, 2.45) is 5.41 Å². The lowest BCUT2D eigenvalue weighted by molar-refractivity contribution is -0.138. The number of amides is 5. The highest BCUT2D eigenvalue weighted by Crippen LogP contribution is 2.49. The van der Waals surface area contributed by atoms with Gasteiger partial charge in [0.25, 0.3) is 17.7 Å². The van der Waals surface area contributed by atoms with Crippen molar-refractivity contribution in [3.05, 3.63) is 87.7 Å². The molecule has 19 heteroatoms. The molecule has 3 aromatic rings. The fraction of sp³-hybridized carbons (Fsp3) is 0.432. The van der Waals surface area contributed by atoms with Crippen LogP contribution < -0.4 is 19.9 Å². The molecule has 0 aliphatic carbocycles. The fourth-order valence-corrected chi connectivity index (χ4v) is 11.9. The van der Waals surface area contributed by atoms with Crippen LogP contribution in [0.25, 0.3) is 0 Å². The van der Waals surface area contributed by atoms with E-state index in [1.54, 1.807) is 30.9 Å². The van der Waals surface area contributed by atoms with Crippen molar-refractivity contribution in [2.75, 3.05) is 37.8 Å². The van der Waals surface area contributed by atoms with Crippen molar-refractivity contribution in [1.29, 1.82) is 5.26 Å². The Hall–Kier alpha value is -5.84. The van der Waals surface area contributed by atoms with Gasteiger partial charge in [-0.3, -0.25) is 44.0 Å². The van der Waals surface area contributed by atoms with Gasteiger partial charge in [0, 0.05) is 35.9 Å². The maximum Gasteiger partial charge on any atom is 0.417 e. The number of carbonyl (C=O) groups is 6. The largest absolute Gasteiger partial charge is 0.493 e. The zero-order valence-corrected chi connectivity index (χ0v) is 35.2. The third-order valence-electron chi connectivity index (χ3n) is 13.5. The Kier molecular flexibility index (Phi) is 10.4. The first-order chi connectivity index (χ1) is 29.9. The molecule has 0 saturated carbocycles. The number of nitriles is 1. The van der Waals surface area contributed by atoms with E-state index in [1.807, 2.05) is 0 Å². The van der Waals surface area contributed by atoms with Crippen LogP contribution in [0.15, 0.2) is 53.4 Å². The van der Waals surface area contributed by atoms with E-state index in [2.05, 4.69) is 15.0 Å². The Morgan fingerprint density at radius 2 is 1.62 bits per heavy atom. The lowest BCUT2D eigenvalue weighted by Crippen LogP contribution is -2.54. The summed E-state index contributed by atoms with van der Waals surface area (Å²) in [7, 11) is 0. The summed E-state index contributed by atoms with van der Waals surface area (Å²) >= 11 is -2.03. The summed E-state index contributed by atoms with van der Waals surface area (Å²) in [6.45, 7) is 6.01. The number of nitrogens with one attached hydrogen (secondary N) is 2. The molecule has 4 saturated heterocycles. The molecule has 4 fully saturated rings. The Morgan fingerprint density at radius 3 is 2.27 bits per heavy atom. The van der Waals surface area contributed by atoms with Gasteiger partial charge in [0.15, 0.2) is 0 Å². The summed E-state index contributed by atoms with van der Waals surface area (Å²) < 4.78 is 63.2. The number of benzene rings is 3. The van der Waals surface area contributed by atoms with Crippen molar-refractivity contribution in [2.45, 2.75) is 87.5 Å². The second-order valence-electron chi connectivity index (χ2n) is 17.6. The van der Waals surface area contributed by atoms with Crippen molar-refractivity contribution >= 4 is 51.4 Å². The van der Waals surface area contributed by atoms with E-state index in [-0.39, 0.29) is 51.6 Å². The molecule has 63 heavy (non-hydrogen) atoms. The average Bonchev–Trinajstić information content (AvgIpc) is 3.64. The second-order valence-corrected chi connectivity index (χ2v) is 19.4. The highest BCUT2D eigenvalue weighted by Gasteiger charge is 2.49. The summed E-state index contributed by atoms with van der Waals surface area (Å²) in [5, 5.41) is 12.4. The number of rotatable bonds is 5. The molecule has 2 unspecified atom stereocenters. The fourth-order valence-electron chi connectivity index (χ4n) is 9.80. The second kappa shape index (κ2) is 15.5. The molecule has 5 amide bonds. The van der Waals surface area contributed by atoms with Crippen LogP contribution in [0.5, 0.6) is 5.75 Å². The predicted octanol–water partition coefficient (Wildman–Crippen LogP) is 5.04. The van der Waals surface area contributed by atoms with E-state index in [0.717, 1.165) is 54.6 Å². The predicted molar refractivity (Wildman–Crippen MR) is 219 cm³/mol. The summed E-state index contributed by atoms with van der Waals surface area (Å²) in [6.07, 6.45) is -1.01. The molecule has 2 atom stereocenters. The molecular formula is C44H43F4N7O7S. The number of imide groups is 2. The zero-order valence-electron chi connectivity index (χ0n) is 34.3. The van der Waals surface area contributed by atoms with Gasteiger partial charge < -0.3 is 14.5 Å². The highest BCUT2D eigenvalue weighted by molar-refractivity contribution is 8.28. The van der Waals surface area contributed by atoms with Gasteiger partial charge in [0.2, 0.25) is 16.9 Å². The number of hydrogen-bond acceptors (Lipinski definition) is 11. The monoisotopic (exact) mass is 889 g/mol. The molecule has 330 valence electrons. The Morgan fingerprint density at radius 1 is 0.921 bits per heavy atom. The van der Waals surface area contributed by atoms with Crippen LogP contribution in [-0.4, -0.2) is 99.8 Å². The summed E-state index contributed by atoms with van der Waals surface area (Å²) in [5.74, 6) is -2.96. The number of anilines is 1. The van der Waals surface area contributed by atoms with Gasteiger partial charge in [-0.2, -0.15) is 23.3 Å². The first kappa shape index (κ1) is 42.5. The van der Waals surface area contributed by atoms with Crippen LogP contribution in [0.4, 0.5) is 23.2 Å². The number of nitrogens with zero attached hydrogens (tertiary/aromatic N) is 5. The molecule has 0 aromatic heterocycles. The van der Waals surface area contributed by atoms with E-state index in [1.165, 1.54) is 29.3 Å². The van der Waals surface area contributed by atoms with E-state index in [4.69, 9.17) is 4.74 Å². The van der Waals surface area contributed by atoms with E-state index in [0.29, 0.717) is 44.7 Å². The minimum Gasteiger partial charge on any atom is -0.493 e. The molecule has 1 spiro atoms. The van der Waals surface area contributed by atoms with E-state index < -0.39 is 80.4 Å². The Bertz CT molecular complexity index is 2550. The molecule has 3 aromatic carbocycles. The van der Waals surface area contributed by atoms with Gasteiger partial charge in [0.1, 0.15) is 23.1 Å². The number of halogens is 4. The molecule has 6 heterocycles. The molecule has 0 radical (unpaired) electrons. The van der Waals surface area contributed by atoms with Crippen LogP contribution in [0.3, 0.4) is 0 Å². The van der Waals surface area contributed by atoms with Crippen molar-refractivity contribution in [3.8, 4) is 11.8 Å². The number of hydrazine groups is 1. The van der Waals surface area contributed by atoms with Gasteiger partial charge in [-0.15, -0.1) is 0 Å². The van der Waals surface area contributed by atoms with Crippen LogP contribution in [-0.2, 0) is 27.0 Å². The minimum absolute atomic E-state index is 0.0365. The maximum absolute atomic E-state index is 15.8. The lowest BCUT2D eigenvalue weighted by Gasteiger charge is -2.47. The van der Waals surface area contributed by atoms with Crippen LogP contribution in [0, 0.1) is 22.6 Å². The molecule has 6 aliphatic rings. The van der Waals surface area contributed by atoms with Gasteiger partial charge in [-0.05, 0) is 120 Å². The topological polar surface area (TPSA) is 172 Å². The van der Waals surface area contributed by atoms with Gasteiger partial charge in [-0.25, -0.2) is 4.39 Å². The van der Waals surface area contributed by atoms with Crippen LogP contribution >= 0.6 is 11.1 Å². The van der Waals surface area contributed by atoms with Crippen molar-refractivity contribution < 1.29 is 51.1 Å². The third kappa shape index (κ3) is 7.31. The number of thiol groups is 1. The SMILES string of the molecule is CC1(C)C(=O)[SH](c2ccc(C#N)c(C(F)(F)F)c2)NN1c1ccc(C(=O)N2CCC(N3CCC4(CC3)COc3cc5c(cc3C4)C(=O)N(C3CCC(=O)NC3=O)C5=O)CC2)c(F)c1. The van der Waals surface area contributed by atoms with E-state index >= 15 is 4.39 Å². The molecule has 9 rings (SSSR count). The molecule has 14 nitrogen and oxygen atoms in total. The van der Waals surface area contributed by atoms with Crippen LogP contribution in [0.2, 0.25) is 0 Å². The third-order valence-corrected chi connectivity index (χ3v) is 15.6. The van der Waals surface area contributed by atoms with E-state index in [9.17, 15) is 47.2 Å². The van der Waals surface area contributed by atoms with Crippen LogP contribution in [0.1, 0.15) is 100 Å². The Balaban J connectivity index is 0.802. The van der Waals surface area contributed by atoms with Gasteiger partial charge >= 0.3 is 6.18 Å². The van der Waals surface area contributed by atoms with Gasteiger partial charge in [-0.1, -0.05) is 11.1 Å². The first-order valence-corrected chi connectivity index (χ1v) is 22.1. The van der Waals surface area contributed by atoms with Crippen molar-refractivity contribution in [1.82, 2.24) is 24.8 Å². The summed E-state index contributed by atoms with van der Waals surface area (Å²) in [6, 6.07) is 11.2. The standard InChI is InChI=1S/C44H43F4N7O7S/c1-42(2)41(61)63(28-5-3-24(22-49)32(19-28)44(46,47)48)51-55(42)27-4-6-29(33(45)18-27)38(58)53-13-9-26(10-14-53)52-15-11-43(12-16-52)21-25-17-30-31(20-35(25)62-23-43)40(60)54(39(30)59)34-7-8-36(56)50-37(34)57/h3-6,17-20,26,34,51,63H,7-16,21,23H2,1-2H3,(H,50,56,57). The molecule has 0 bridgehead atoms. The highest BCUT2D eigenvalue weighted by atomic mass is 32.2. The zero-order chi connectivity index (χ0) is 44.7. The number of hydrogen-bond donors (Lipinski definition) is 3. The summed E-state index contributed by atoms with van der Waals surface area (Å²) in [5.41, 5.74) is -1.85. The normalized spacial score (nSPS) is 24.3. The Labute approximate surface area is 361 Å². The molecule has 6 aliphatic heterocycles. The first-order valence-electron chi connectivity index (χ1n) is 20.8. The number of piperidine rings is 3.